The van der Waals surface area contributed by atoms with Gasteiger partial charge in [0.2, 0.25) is 5.95 Å². The number of nitrogens with zero attached hydrogens (tertiary/aromatic N) is 6. The highest BCUT2D eigenvalue weighted by molar-refractivity contribution is 7.90. The Morgan fingerprint density at radius 3 is 2.26 bits per heavy atom. The number of ether oxygens (including phenoxy) is 1. The largest absolute Gasteiger partial charge is 0.573 e. The molecule has 3 rings (SSSR count). The lowest BCUT2D eigenvalue weighted by Gasteiger charge is -2.16. The average Bonchev–Trinajstić information content (AvgIpc) is 3.28. The lowest BCUT2D eigenvalue weighted by molar-refractivity contribution is -0.274. The number of benzene rings is 1. The van der Waals surface area contributed by atoms with E-state index in [2.05, 4.69) is 25.1 Å². The van der Waals surface area contributed by atoms with Gasteiger partial charge in [0.15, 0.2) is 21.5 Å². The fourth-order valence-corrected chi connectivity index (χ4v) is 3.97. The number of alkyl halides is 3. The van der Waals surface area contributed by atoms with Crippen LogP contribution in [0.4, 0.5) is 19.1 Å². The van der Waals surface area contributed by atoms with Gasteiger partial charge in [-0.25, -0.2) is 13.4 Å². The summed E-state index contributed by atoms with van der Waals surface area (Å²) in [7, 11) is 2.61. The van der Waals surface area contributed by atoms with Crippen LogP contribution in [0.5, 0.6) is 5.75 Å². The van der Waals surface area contributed by atoms with Gasteiger partial charge in [-0.05, 0) is 37.3 Å². The van der Waals surface area contributed by atoms with Crippen molar-refractivity contribution in [1.82, 2.24) is 30.0 Å². The molecule has 0 aliphatic heterocycles. The summed E-state index contributed by atoms with van der Waals surface area (Å²) in [6.45, 7) is 1.55. The Balaban J connectivity index is 1.97. The number of rotatable bonds is 8. The van der Waals surface area contributed by atoms with Crippen LogP contribution in [0.2, 0.25) is 0 Å². The third kappa shape index (κ3) is 7.22. The second kappa shape index (κ2) is 10.9. The minimum atomic E-state index is -5.10. The molecule has 0 radical (unpaired) electrons. The maximum Gasteiger partial charge on any atom is 0.573 e. The standard InChI is InChI=1S/C23H26F3N7O5S/c1-13(28-20(34)15-9-16(38-23(24,25)26)11-17(10-15)39(6,36)37)19-29-22(32(4)5)30-33(19)18-8-7-14(12-27-18)21(35)31(2)3/h7-13H,1-6H3,(H,28,34)/t13-/m0/s1. The minimum absolute atomic E-state index is 0.206. The summed E-state index contributed by atoms with van der Waals surface area (Å²) in [4.78, 5) is 36.4. The van der Waals surface area contributed by atoms with Gasteiger partial charge in [-0.3, -0.25) is 9.59 Å². The van der Waals surface area contributed by atoms with E-state index in [4.69, 9.17) is 0 Å². The maximum absolute atomic E-state index is 13.0. The monoisotopic (exact) mass is 569 g/mol. The highest BCUT2D eigenvalue weighted by atomic mass is 32.2. The molecule has 0 unspecified atom stereocenters. The number of hydrogen-bond donors (Lipinski definition) is 1. The van der Waals surface area contributed by atoms with E-state index in [1.165, 1.54) is 15.8 Å². The van der Waals surface area contributed by atoms with Gasteiger partial charge in [-0.1, -0.05) is 0 Å². The molecule has 0 aliphatic carbocycles. The van der Waals surface area contributed by atoms with Gasteiger partial charge < -0.3 is 19.9 Å². The van der Waals surface area contributed by atoms with Crippen LogP contribution in [0.1, 0.15) is 39.5 Å². The van der Waals surface area contributed by atoms with Crippen molar-refractivity contribution < 1.29 is 35.9 Å². The van der Waals surface area contributed by atoms with E-state index in [1.54, 1.807) is 52.1 Å². The van der Waals surface area contributed by atoms with E-state index < -0.39 is 38.8 Å². The lowest BCUT2D eigenvalue weighted by Crippen LogP contribution is -2.29. The minimum Gasteiger partial charge on any atom is -0.406 e. The lowest BCUT2D eigenvalue weighted by atomic mass is 10.2. The van der Waals surface area contributed by atoms with Crippen LogP contribution in [0.3, 0.4) is 0 Å². The summed E-state index contributed by atoms with van der Waals surface area (Å²) in [6, 6.07) is 4.62. The van der Waals surface area contributed by atoms with Gasteiger partial charge >= 0.3 is 6.36 Å². The quantitative estimate of drug-likeness (QED) is 0.433. The molecule has 1 aromatic carbocycles. The Morgan fingerprint density at radius 2 is 1.74 bits per heavy atom. The third-order valence-corrected chi connectivity index (χ3v) is 6.27. The molecule has 0 fully saturated rings. The van der Waals surface area contributed by atoms with Crippen LogP contribution in [-0.4, -0.2) is 85.7 Å². The van der Waals surface area contributed by atoms with Crippen molar-refractivity contribution in [3.63, 3.8) is 0 Å². The van der Waals surface area contributed by atoms with E-state index >= 15 is 0 Å². The Kier molecular flexibility index (Phi) is 8.19. The molecule has 39 heavy (non-hydrogen) atoms. The fourth-order valence-electron chi connectivity index (χ4n) is 3.30. The molecule has 0 saturated carbocycles. The van der Waals surface area contributed by atoms with Gasteiger partial charge in [0, 0.05) is 46.2 Å². The maximum atomic E-state index is 13.0. The van der Waals surface area contributed by atoms with Gasteiger partial charge in [0.1, 0.15) is 5.75 Å². The van der Waals surface area contributed by atoms with E-state index in [1.807, 2.05) is 0 Å². The number of sulfone groups is 1. The fraction of sp³-hybridized carbons (Fsp3) is 0.348. The first-order valence-electron chi connectivity index (χ1n) is 11.2. The molecule has 2 aromatic heterocycles. The van der Waals surface area contributed by atoms with Crippen molar-refractivity contribution in [1.29, 1.82) is 0 Å². The van der Waals surface area contributed by atoms with Crippen LogP contribution in [0, 0.1) is 0 Å². The zero-order valence-electron chi connectivity index (χ0n) is 21.8. The van der Waals surface area contributed by atoms with E-state index in [-0.39, 0.29) is 29.1 Å². The summed E-state index contributed by atoms with van der Waals surface area (Å²) in [5, 5.41) is 6.98. The number of halogens is 3. The Hall–Kier alpha value is -4.21. The van der Waals surface area contributed by atoms with Crippen LogP contribution in [0.15, 0.2) is 41.4 Å². The third-order valence-electron chi connectivity index (χ3n) is 5.18. The zero-order chi connectivity index (χ0) is 29.3. The highest BCUT2D eigenvalue weighted by Crippen LogP contribution is 2.27. The van der Waals surface area contributed by atoms with Crippen molar-refractivity contribution in [3.05, 3.63) is 53.5 Å². The van der Waals surface area contributed by atoms with Crippen molar-refractivity contribution in [3.8, 4) is 11.6 Å². The van der Waals surface area contributed by atoms with Crippen LogP contribution in [0.25, 0.3) is 5.82 Å². The first-order chi connectivity index (χ1) is 18.0. The molecule has 2 heterocycles. The van der Waals surface area contributed by atoms with Gasteiger partial charge in [-0.2, -0.15) is 9.67 Å². The van der Waals surface area contributed by atoms with Crippen LogP contribution in [-0.2, 0) is 9.84 Å². The van der Waals surface area contributed by atoms with Crippen molar-refractivity contribution >= 4 is 27.6 Å². The molecular formula is C23H26F3N7O5S. The van der Waals surface area contributed by atoms with Crippen LogP contribution >= 0.6 is 0 Å². The molecule has 12 nitrogen and oxygen atoms in total. The summed E-state index contributed by atoms with van der Waals surface area (Å²) in [6.07, 6.45) is -2.95. The number of aromatic nitrogens is 4. The van der Waals surface area contributed by atoms with Crippen molar-refractivity contribution in [2.45, 2.75) is 24.2 Å². The second-order valence-electron chi connectivity index (χ2n) is 8.89. The first kappa shape index (κ1) is 29.3. The number of pyridine rings is 1. The molecule has 1 atom stereocenters. The van der Waals surface area contributed by atoms with Crippen molar-refractivity contribution in [2.24, 2.45) is 0 Å². The number of anilines is 1. The van der Waals surface area contributed by atoms with Gasteiger partial charge in [0.25, 0.3) is 11.8 Å². The number of hydrogen-bond acceptors (Lipinski definition) is 9. The smallest absolute Gasteiger partial charge is 0.406 e. The van der Waals surface area contributed by atoms with E-state index in [0.29, 0.717) is 11.6 Å². The second-order valence-corrected chi connectivity index (χ2v) is 10.9. The molecular weight excluding hydrogens is 543 g/mol. The number of nitrogens with one attached hydrogen (secondary N) is 1. The van der Waals surface area contributed by atoms with Crippen molar-refractivity contribution in [2.75, 3.05) is 39.3 Å². The molecule has 210 valence electrons. The molecule has 0 bridgehead atoms. The number of carbonyl (C=O) groups excluding carboxylic acids is 2. The summed E-state index contributed by atoms with van der Waals surface area (Å²) in [5.74, 6) is -1.26. The zero-order valence-corrected chi connectivity index (χ0v) is 22.6. The molecule has 0 spiro atoms. The van der Waals surface area contributed by atoms with E-state index in [0.717, 1.165) is 18.4 Å². The van der Waals surface area contributed by atoms with Crippen LogP contribution < -0.4 is 15.0 Å². The molecule has 1 N–H and O–H groups in total. The molecule has 0 saturated heterocycles. The first-order valence-corrected chi connectivity index (χ1v) is 13.1. The Bertz CT molecular complexity index is 1490. The normalized spacial score (nSPS) is 12.5. The summed E-state index contributed by atoms with van der Waals surface area (Å²) >= 11 is 0. The SMILES string of the molecule is C[C@H](NC(=O)c1cc(OC(F)(F)F)cc(S(C)(=O)=O)c1)c1nc(N(C)C)nn1-c1ccc(C(=O)N(C)C)cn1. The summed E-state index contributed by atoms with van der Waals surface area (Å²) in [5.41, 5.74) is -0.0464. The Morgan fingerprint density at radius 1 is 1.08 bits per heavy atom. The number of amides is 2. The summed E-state index contributed by atoms with van der Waals surface area (Å²) < 4.78 is 67.6. The molecule has 3 aromatic rings. The van der Waals surface area contributed by atoms with Gasteiger partial charge in [-0.15, -0.1) is 18.3 Å². The topological polar surface area (TPSA) is 140 Å². The predicted molar refractivity (Wildman–Crippen MR) is 134 cm³/mol. The Labute approximate surface area is 222 Å². The van der Waals surface area contributed by atoms with Gasteiger partial charge in [0.05, 0.1) is 16.5 Å². The highest BCUT2D eigenvalue weighted by Gasteiger charge is 2.32. The van der Waals surface area contributed by atoms with E-state index in [9.17, 15) is 31.2 Å². The molecule has 16 heteroatoms. The predicted octanol–water partition coefficient (Wildman–Crippen LogP) is 2.22. The molecule has 2 amide bonds. The number of carbonyl (C=O) groups is 2. The molecule has 0 aliphatic rings. The average molecular weight is 570 g/mol.